The van der Waals surface area contributed by atoms with Gasteiger partial charge in [0.2, 0.25) is 5.91 Å². The highest BCUT2D eigenvalue weighted by Gasteiger charge is 2.36. The van der Waals surface area contributed by atoms with Crippen molar-refractivity contribution in [3.05, 3.63) is 29.8 Å². The molecule has 132 valence electrons. The fraction of sp³-hybridized carbons (Fsp3) is 0.556. The first-order chi connectivity index (χ1) is 11.5. The molecule has 1 aromatic carbocycles. The Morgan fingerprint density at radius 3 is 2.75 bits per heavy atom. The van der Waals surface area contributed by atoms with E-state index in [0.717, 1.165) is 11.3 Å². The molecule has 0 bridgehead atoms. The summed E-state index contributed by atoms with van der Waals surface area (Å²) in [5.74, 6) is -0.242. The van der Waals surface area contributed by atoms with Crippen LogP contribution in [0.1, 0.15) is 37.7 Å². The number of hydrogen-bond donors (Lipinski definition) is 2. The standard InChI is InChI=1S/C18H25NO5/c1-14-4-2-5-15(12-14)24-9-3-6-16(20)19-18(13-17(21)22)7-10-23-11-8-18/h2,4-5,12H,3,6-11,13H2,1H3,(H,19,20)(H,21,22). The molecule has 1 aliphatic rings. The Hall–Kier alpha value is -2.08. The fourth-order valence-electron chi connectivity index (χ4n) is 2.88. The van der Waals surface area contributed by atoms with Gasteiger partial charge in [-0.15, -0.1) is 0 Å². The molecule has 1 aliphatic heterocycles. The first-order valence-corrected chi connectivity index (χ1v) is 8.29. The summed E-state index contributed by atoms with van der Waals surface area (Å²) in [7, 11) is 0. The van der Waals surface area contributed by atoms with Gasteiger partial charge >= 0.3 is 5.97 Å². The second kappa shape index (κ2) is 8.68. The lowest BCUT2D eigenvalue weighted by atomic mass is 9.86. The highest BCUT2D eigenvalue weighted by molar-refractivity contribution is 5.78. The maximum absolute atomic E-state index is 12.2. The van der Waals surface area contributed by atoms with Gasteiger partial charge in [-0.05, 0) is 43.9 Å². The Labute approximate surface area is 142 Å². The summed E-state index contributed by atoms with van der Waals surface area (Å²) >= 11 is 0. The summed E-state index contributed by atoms with van der Waals surface area (Å²) in [5, 5.41) is 12.0. The molecule has 6 heteroatoms. The number of carboxylic acids is 1. The molecular formula is C18H25NO5. The number of ether oxygens (including phenoxy) is 2. The van der Waals surface area contributed by atoms with Crippen molar-refractivity contribution in [3.8, 4) is 5.75 Å². The molecule has 6 nitrogen and oxygen atoms in total. The lowest BCUT2D eigenvalue weighted by molar-refractivity contribution is -0.140. The Bertz CT molecular complexity index is 566. The highest BCUT2D eigenvalue weighted by Crippen LogP contribution is 2.25. The molecular weight excluding hydrogens is 310 g/mol. The SMILES string of the molecule is Cc1cccc(OCCCC(=O)NC2(CC(=O)O)CCOCC2)c1. The molecule has 2 rings (SSSR count). The minimum atomic E-state index is -0.903. The van der Waals surface area contributed by atoms with Crippen molar-refractivity contribution in [1.29, 1.82) is 0 Å². The fourth-order valence-corrected chi connectivity index (χ4v) is 2.88. The molecule has 0 saturated carbocycles. The Morgan fingerprint density at radius 2 is 2.08 bits per heavy atom. The average molecular weight is 335 g/mol. The van der Waals surface area contributed by atoms with Crippen LogP contribution in [0.5, 0.6) is 5.75 Å². The zero-order valence-electron chi connectivity index (χ0n) is 14.0. The summed E-state index contributed by atoms with van der Waals surface area (Å²) < 4.78 is 10.9. The van der Waals surface area contributed by atoms with Crippen LogP contribution in [0.3, 0.4) is 0 Å². The zero-order valence-corrected chi connectivity index (χ0v) is 14.0. The zero-order chi connectivity index (χ0) is 17.4. The van der Waals surface area contributed by atoms with E-state index in [1.807, 2.05) is 31.2 Å². The van der Waals surface area contributed by atoms with Crippen molar-refractivity contribution in [2.24, 2.45) is 0 Å². The summed E-state index contributed by atoms with van der Waals surface area (Å²) in [5.41, 5.74) is 0.443. The summed E-state index contributed by atoms with van der Waals surface area (Å²) in [6, 6.07) is 7.76. The van der Waals surface area contributed by atoms with Crippen LogP contribution in [0.4, 0.5) is 0 Å². The van der Waals surface area contributed by atoms with Gasteiger partial charge in [0.1, 0.15) is 5.75 Å². The third-order valence-corrected chi connectivity index (χ3v) is 4.15. The number of aryl methyl sites for hydroxylation is 1. The van der Waals surface area contributed by atoms with Crippen LogP contribution in [0.25, 0.3) is 0 Å². The lowest BCUT2D eigenvalue weighted by Crippen LogP contribution is -2.53. The van der Waals surface area contributed by atoms with Crippen LogP contribution >= 0.6 is 0 Å². The molecule has 1 heterocycles. The van der Waals surface area contributed by atoms with Gasteiger partial charge in [0.25, 0.3) is 0 Å². The van der Waals surface area contributed by atoms with Gasteiger partial charge < -0.3 is 19.9 Å². The maximum Gasteiger partial charge on any atom is 0.305 e. The molecule has 1 amide bonds. The number of benzene rings is 1. The third-order valence-electron chi connectivity index (χ3n) is 4.15. The highest BCUT2D eigenvalue weighted by atomic mass is 16.5. The number of carbonyl (C=O) groups is 2. The van der Waals surface area contributed by atoms with E-state index >= 15 is 0 Å². The molecule has 0 spiro atoms. The minimum absolute atomic E-state index is 0.0676. The topological polar surface area (TPSA) is 84.9 Å². The van der Waals surface area contributed by atoms with Crippen LogP contribution in [-0.4, -0.2) is 42.3 Å². The van der Waals surface area contributed by atoms with Crippen LogP contribution in [0.15, 0.2) is 24.3 Å². The van der Waals surface area contributed by atoms with Gasteiger partial charge in [-0.3, -0.25) is 9.59 Å². The van der Waals surface area contributed by atoms with Crippen LogP contribution < -0.4 is 10.1 Å². The second-order valence-electron chi connectivity index (χ2n) is 6.28. The van der Waals surface area contributed by atoms with E-state index in [1.54, 1.807) is 0 Å². The molecule has 0 aromatic heterocycles. The molecule has 1 aromatic rings. The predicted octanol–water partition coefficient (Wildman–Crippen LogP) is 2.29. The molecule has 0 atom stereocenters. The van der Waals surface area contributed by atoms with Gasteiger partial charge in [0.05, 0.1) is 18.6 Å². The third kappa shape index (κ3) is 5.85. The largest absolute Gasteiger partial charge is 0.494 e. The van der Waals surface area contributed by atoms with Gasteiger partial charge in [0, 0.05) is 19.6 Å². The van der Waals surface area contributed by atoms with E-state index in [-0.39, 0.29) is 12.3 Å². The number of carbonyl (C=O) groups excluding carboxylic acids is 1. The quantitative estimate of drug-likeness (QED) is 0.712. The lowest BCUT2D eigenvalue weighted by Gasteiger charge is -2.36. The molecule has 24 heavy (non-hydrogen) atoms. The molecule has 0 aliphatic carbocycles. The average Bonchev–Trinajstić information content (AvgIpc) is 2.51. The predicted molar refractivity (Wildman–Crippen MR) is 89.1 cm³/mol. The Kier molecular flexibility index (Phi) is 6.61. The van der Waals surface area contributed by atoms with E-state index in [1.165, 1.54) is 0 Å². The van der Waals surface area contributed by atoms with Crippen LogP contribution in [0.2, 0.25) is 0 Å². The van der Waals surface area contributed by atoms with Crippen molar-refractivity contribution in [2.45, 2.75) is 44.6 Å². The number of hydrogen-bond acceptors (Lipinski definition) is 4. The van der Waals surface area contributed by atoms with E-state index in [2.05, 4.69) is 5.32 Å². The first-order valence-electron chi connectivity index (χ1n) is 8.29. The molecule has 0 radical (unpaired) electrons. The van der Waals surface area contributed by atoms with Crippen LogP contribution in [0, 0.1) is 6.92 Å². The summed E-state index contributed by atoms with van der Waals surface area (Å²) in [6.45, 7) is 3.40. The Morgan fingerprint density at radius 1 is 1.33 bits per heavy atom. The van der Waals surface area contributed by atoms with Gasteiger partial charge in [0.15, 0.2) is 0 Å². The van der Waals surface area contributed by atoms with E-state index < -0.39 is 11.5 Å². The second-order valence-corrected chi connectivity index (χ2v) is 6.28. The number of aliphatic carboxylic acids is 1. The molecule has 2 N–H and O–H groups in total. The van der Waals surface area contributed by atoms with Gasteiger partial charge in [-0.2, -0.15) is 0 Å². The number of nitrogens with one attached hydrogen (secondary N) is 1. The molecule has 1 fully saturated rings. The molecule has 0 unspecified atom stereocenters. The van der Waals surface area contributed by atoms with Gasteiger partial charge in [-0.25, -0.2) is 0 Å². The summed E-state index contributed by atoms with van der Waals surface area (Å²) in [4.78, 5) is 23.2. The smallest absolute Gasteiger partial charge is 0.305 e. The van der Waals surface area contributed by atoms with E-state index in [4.69, 9.17) is 14.6 Å². The van der Waals surface area contributed by atoms with E-state index in [0.29, 0.717) is 45.5 Å². The van der Waals surface area contributed by atoms with Crippen molar-refractivity contribution in [3.63, 3.8) is 0 Å². The number of amides is 1. The van der Waals surface area contributed by atoms with Crippen molar-refractivity contribution in [2.75, 3.05) is 19.8 Å². The minimum Gasteiger partial charge on any atom is -0.494 e. The molecule has 1 saturated heterocycles. The van der Waals surface area contributed by atoms with Crippen molar-refractivity contribution in [1.82, 2.24) is 5.32 Å². The monoisotopic (exact) mass is 335 g/mol. The van der Waals surface area contributed by atoms with Gasteiger partial charge in [-0.1, -0.05) is 12.1 Å². The summed E-state index contributed by atoms with van der Waals surface area (Å²) in [6.07, 6.45) is 1.89. The normalized spacial score (nSPS) is 16.4. The maximum atomic E-state index is 12.2. The van der Waals surface area contributed by atoms with Crippen LogP contribution in [-0.2, 0) is 14.3 Å². The number of carboxylic acid groups (broad SMARTS) is 1. The van der Waals surface area contributed by atoms with Crippen molar-refractivity contribution >= 4 is 11.9 Å². The van der Waals surface area contributed by atoms with E-state index in [9.17, 15) is 9.59 Å². The Balaban J connectivity index is 1.75. The van der Waals surface area contributed by atoms with Crippen molar-refractivity contribution < 1.29 is 24.2 Å². The number of rotatable bonds is 8. The first kappa shape index (κ1) is 18.3.